The molecule has 1 fully saturated rings. The Morgan fingerprint density at radius 2 is 1.96 bits per heavy atom. The van der Waals surface area contributed by atoms with E-state index in [2.05, 4.69) is 4.90 Å². The van der Waals surface area contributed by atoms with E-state index in [9.17, 15) is 9.59 Å². The predicted molar refractivity (Wildman–Crippen MR) is 98.8 cm³/mol. The quantitative estimate of drug-likeness (QED) is 0.770. The summed E-state index contributed by atoms with van der Waals surface area (Å²) in [5.41, 5.74) is 1.67. The van der Waals surface area contributed by atoms with Crippen molar-refractivity contribution < 1.29 is 4.79 Å². The Balaban J connectivity index is 1.53. The molecule has 1 saturated heterocycles. The molecule has 0 aliphatic carbocycles. The van der Waals surface area contributed by atoms with Crippen molar-refractivity contribution in [2.24, 2.45) is 5.92 Å². The van der Waals surface area contributed by atoms with Crippen molar-refractivity contribution in [2.75, 3.05) is 19.6 Å². The van der Waals surface area contributed by atoms with Crippen LogP contribution >= 0.6 is 23.2 Å². The molecule has 0 radical (unpaired) electrons. The summed E-state index contributed by atoms with van der Waals surface area (Å²) >= 11 is 12.1. The van der Waals surface area contributed by atoms with Gasteiger partial charge in [-0.1, -0.05) is 29.3 Å². The largest absolute Gasteiger partial charge is 0.312 e. The first kappa shape index (κ1) is 16.8. The van der Waals surface area contributed by atoms with Gasteiger partial charge in [-0.15, -0.1) is 0 Å². The molecule has 25 heavy (non-hydrogen) atoms. The highest BCUT2D eigenvalue weighted by Crippen LogP contribution is 2.35. The molecule has 2 aromatic rings. The molecule has 1 aromatic heterocycles. The van der Waals surface area contributed by atoms with Crippen LogP contribution in [-0.2, 0) is 6.54 Å². The number of carbonyl (C=O) groups is 1. The maximum atomic E-state index is 12.6. The molecule has 2 aliphatic rings. The molecule has 0 saturated carbocycles. The highest BCUT2D eigenvalue weighted by atomic mass is 35.5. The summed E-state index contributed by atoms with van der Waals surface area (Å²) in [7, 11) is 0. The van der Waals surface area contributed by atoms with E-state index in [1.165, 1.54) is 0 Å². The number of ketones is 1. The van der Waals surface area contributed by atoms with Crippen LogP contribution < -0.4 is 5.56 Å². The molecule has 0 N–H and O–H groups in total. The monoisotopic (exact) mass is 376 g/mol. The van der Waals surface area contributed by atoms with Gasteiger partial charge in [-0.05, 0) is 36.6 Å². The number of fused-ring (bicyclic) bond motifs is 4. The lowest BCUT2D eigenvalue weighted by atomic mass is 9.83. The molecule has 6 heteroatoms. The van der Waals surface area contributed by atoms with Crippen LogP contribution in [0.4, 0.5) is 0 Å². The van der Waals surface area contributed by atoms with Crippen molar-refractivity contribution in [3.63, 3.8) is 0 Å². The third kappa shape index (κ3) is 3.26. The van der Waals surface area contributed by atoms with Crippen LogP contribution in [0.25, 0.3) is 0 Å². The Morgan fingerprint density at radius 1 is 1.12 bits per heavy atom. The van der Waals surface area contributed by atoms with Crippen molar-refractivity contribution in [1.29, 1.82) is 0 Å². The van der Waals surface area contributed by atoms with E-state index in [1.54, 1.807) is 24.3 Å². The Kier molecular flexibility index (Phi) is 4.44. The van der Waals surface area contributed by atoms with Gasteiger partial charge in [-0.3, -0.25) is 14.5 Å². The summed E-state index contributed by atoms with van der Waals surface area (Å²) in [5, 5.41) is 0.919. The first-order chi connectivity index (χ1) is 12.0. The molecule has 0 amide bonds. The highest BCUT2D eigenvalue weighted by molar-refractivity contribution is 6.36. The number of hydrogen-bond acceptors (Lipinski definition) is 3. The lowest BCUT2D eigenvalue weighted by molar-refractivity contribution is 0.0817. The lowest BCUT2D eigenvalue weighted by Gasteiger charge is -2.42. The standard InChI is InChI=1S/C19H18Cl2N2O2/c20-14-4-5-15(16(21)7-14)18(24)11-22-8-12-6-13(10-22)17-2-1-3-19(25)23(17)9-12/h1-5,7,12-13H,6,8-11H2/t12-,13+/m0/s1. The zero-order valence-electron chi connectivity index (χ0n) is 13.6. The van der Waals surface area contributed by atoms with E-state index in [0.717, 1.165) is 31.7 Å². The predicted octanol–water partition coefficient (Wildman–Crippen LogP) is 3.46. The van der Waals surface area contributed by atoms with E-state index in [0.29, 0.717) is 34.0 Å². The van der Waals surface area contributed by atoms with Gasteiger partial charge in [0.05, 0.1) is 11.6 Å². The number of aromatic nitrogens is 1. The fraction of sp³-hybridized carbons (Fsp3) is 0.368. The van der Waals surface area contributed by atoms with Crippen LogP contribution in [0.15, 0.2) is 41.2 Å². The van der Waals surface area contributed by atoms with Crippen molar-refractivity contribution in [3.8, 4) is 0 Å². The summed E-state index contributed by atoms with van der Waals surface area (Å²) in [6.07, 6.45) is 1.08. The van der Waals surface area contributed by atoms with Crippen molar-refractivity contribution >= 4 is 29.0 Å². The third-order valence-corrected chi connectivity index (χ3v) is 5.70. The molecule has 0 unspecified atom stereocenters. The molecular formula is C19H18Cl2N2O2. The highest BCUT2D eigenvalue weighted by Gasteiger charge is 2.35. The van der Waals surface area contributed by atoms with Crippen molar-refractivity contribution in [1.82, 2.24) is 9.47 Å². The van der Waals surface area contributed by atoms with Crippen molar-refractivity contribution in [2.45, 2.75) is 18.9 Å². The summed E-state index contributed by atoms with van der Waals surface area (Å²) in [6, 6.07) is 10.5. The normalized spacial score (nSPS) is 22.5. The van der Waals surface area contributed by atoms with Gasteiger partial charge in [-0.2, -0.15) is 0 Å². The molecule has 130 valence electrons. The van der Waals surface area contributed by atoms with Gasteiger partial charge in [0.25, 0.3) is 5.56 Å². The second kappa shape index (κ2) is 6.60. The third-order valence-electron chi connectivity index (χ3n) is 5.15. The van der Waals surface area contributed by atoms with Gasteiger partial charge in [0.1, 0.15) is 0 Å². The Bertz CT molecular complexity index is 893. The van der Waals surface area contributed by atoms with Gasteiger partial charge in [0.2, 0.25) is 0 Å². The van der Waals surface area contributed by atoms with Crippen molar-refractivity contribution in [3.05, 3.63) is 68.1 Å². The number of nitrogens with zero attached hydrogens (tertiary/aromatic N) is 2. The molecule has 0 spiro atoms. The molecule has 1 aromatic carbocycles. The van der Waals surface area contributed by atoms with Gasteiger partial charge < -0.3 is 4.57 Å². The number of halogens is 2. The van der Waals surface area contributed by atoms with Crippen LogP contribution in [0.2, 0.25) is 10.0 Å². The summed E-state index contributed by atoms with van der Waals surface area (Å²) < 4.78 is 1.90. The second-order valence-electron chi connectivity index (χ2n) is 6.94. The van der Waals surface area contributed by atoms with Crippen LogP contribution in [0, 0.1) is 5.92 Å². The molecule has 2 atom stereocenters. The average Bonchev–Trinajstić information content (AvgIpc) is 2.55. The number of Topliss-reactive ketones (excluding diaryl/α,β-unsaturated/α-hetero) is 1. The minimum atomic E-state index is 0.00657. The lowest BCUT2D eigenvalue weighted by Crippen LogP contribution is -2.48. The van der Waals surface area contributed by atoms with Crippen LogP contribution in [0.1, 0.15) is 28.4 Å². The molecule has 2 bridgehead atoms. The number of piperidine rings is 1. The first-order valence-electron chi connectivity index (χ1n) is 8.41. The number of likely N-dealkylation sites (tertiary alicyclic amines) is 1. The molecule has 2 aliphatic heterocycles. The summed E-state index contributed by atoms with van der Waals surface area (Å²) in [4.78, 5) is 26.9. The maximum Gasteiger partial charge on any atom is 0.250 e. The minimum absolute atomic E-state index is 0.00657. The topological polar surface area (TPSA) is 42.3 Å². The van der Waals surface area contributed by atoms with Crippen LogP contribution in [0.3, 0.4) is 0 Å². The Morgan fingerprint density at radius 3 is 2.76 bits per heavy atom. The smallest absolute Gasteiger partial charge is 0.250 e. The van der Waals surface area contributed by atoms with E-state index >= 15 is 0 Å². The van der Waals surface area contributed by atoms with E-state index in [1.807, 2.05) is 16.7 Å². The number of benzene rings is 1. The fourth-order valence-corrected chi connectivity index (χ4v) is 4.64. The van der Waals surface area contributed by atoms with Crippen LogP contribution in [-0.4, -0.2) is 34.9 Å². The second-order valence-corrected chi connectivity index (χ2v) is 7.78. The van der Waals surface area contributed by atoms with Crippen LogP contribution in [0.5, 0.6) is 0 Å². The molecular weight excluding hydrogens is 359 g/mol. The van der Waals surface area contributed by atoms with E-state index < -0.39 is 0 Å². The number of carbonyl (C=O) groups excluding carboxylic acids is 1. The number of pyridine rings is 1. The molecule has 3 heterocycles. The zero-order valence-corrected chi connectivity index (χ0v) is 15.1. The Hall–Kier alpha value is -1.62. The summed E-state index contributed by atoms with van der Waals surface area (Å²) in [6.45, 7) is 2.69. The maximum absolute atomic E-state index is 12.6. The minimum Gasteiger partial charge on any atom is -0.312 e. The zero-order chi connectivity index (χ0) is 17.6. The first-order valence-corrected chi connectivity index (χ1v) is 9.17. The summed E-state index contributed by atoms with van der Waals surface area (Å²) in [5.74, 6) is 0.710. The average molecular weight is 377 g/mol. The van der Waals surface area contributed by atoms with Gasteiger partial charge in [-0.25, -0.2) is 0 Å². The van der Waals surface area contributed by atoms with Gasteiger partial charge >= 0.3 is 0 Å². The SMILES string of the molecule is O=C(CN1C[C@@H]2C[C@H](C1)c1cccc(=O)n1C2)c1ccc(Cl)cc1Cl. The van der Waals surface area contributed by atoms with E-state index in [-0.39, 0.29) is 11.3 Å². The number of hydrogen-bond donors (Lipinski definition) is 0. The van der Waals surface area contributed by atoms with Gasteiger partial charge in [0.15, 0.2) is 5.78 Å². The molecule has 4 nitrogen and oxygen atoms in total. The number of rotatable bonds is 3. The Labute approximate surface area is 156 Å². The van der Waals surface area contributed by atoms with Gasteiger partial charge in [0, 0.05) is 47.9 Å². The van der Waals surface area contributed by atoms with E-state index in [4.69, 9.17) is 23.2 Å². The molecule has 4 rings (SSSR count). The fourth-order valence-electron chi connectivity index (χ4n) is 4.13.